The lowest BCUT2D eigenvalue weighted by Crippen LogP contribution is -2.37. The molecule has 1 saturated carbocycles. The third kappa shape index (κ3) is 6.52. The molecule has 1 saturated heterocycles. The Morgan fingerprint density at radius 1 is 1.18 bits per heavy atom. The molecule has 2 bridgehead atoms. The predicted molar refractivity (Wildman–Crippen MR) is 116 cm³/mol. The van der Waals surface area contributed by atoms with Crippen LogP contribution in [0.5, 0.6) is 0 Å². The first kappa shape index (κ1) is 25.1. The number of fused-ring (bicyclic) bond motifs is 2. The van der Waals surface area contributed by atoms with Crippen LogP contribution in [-0.2, 0) is 33.2 Å². The van der Waals surface area contributed by atoms with Crippen molar-refractivity contribution in [3.63, 3.8) is 0 Å². The Morgan fingerprint density at radius 2 is 1.88 bits per heavy atom. The number of ether oxygens (including phenoxy) is 1. The van der Waals surface area contributed by atoms with E-state index in [9.17, 15) is 22.8 Å². The van der Waals surface area contributed by atoms with Gasteiger partial charge in [0.25, 0.3) is 5.91 Å². The summed E-state index contributed by atoms with van der Waals surface area (Å²) in [5, 5.41) is 0.818. The summed E-state index contributed by atoms with van der Waals surface area (Å²) >= 11 is 0. The summed E-state index contributed by atoms with van der Waals surface area (Å²) in [6.45, 7) is 3.63. The van der Waals surface area contributed by atoms with E-state index in [1.54, 1.807) is 30.3 Å². The van der Waals surface area contributed by atoms with Crippen LogP contribution in [0.2, 0.25) is 0 Å². The Labute approximate surface area is 193 Å². The average molecular weight is 483 g/mol. The number of rotatable bonds is 11. The normalized spacial score (nSPS) is 22.9. The van der Waals surface area contributed by atoms with Gasteiger partial charge in [-0.05, 0) is 49.7 Å². The van der Waals surface area contributed by atoms with Gasteiger partial charge in [-0.15, -0.1) is 4.28 Å². The molecule has 1 unspecified atom stereocenters. The molecule has 1 aromatic carbocycles. The Bertz CT molecular complexity index is 979. The predicted octanol–water partition coefficient (Wildman–Crippen LogP) is 1.96. The highest BCUT2D eigenvalue weighted by Crippen LogP contribution is 2.41. The van der Waals surface area contributed by atoms with Crippen molar-refractivity contribution in [3.8, 4) is 0 Å². The van der Waals surface area contributed by atoms with E-state index in [2.05, 4.69) is 0 Å². The molecule has 2 aliphatic rings. The summed E-state index contributed by atoms with van der Waals surface area (Å²) in [5.41, 5.74) is 5.26. The third-order valence-electron chi connectivity index (χ3n) is 6.06. The summed E-state index contributed by atoms with van der Waals surface area (Å²) in [6, 6.07) is 8.20. The van der Waals surface area contributed by atoms with Gasteiger partial charge in [0, 0.05) is 5.92 Å². The van der Waals surface area contributed by atoms with Gasteiger partial charge >= 0.3 is 16.4 Å². The number of primary amides is 1. The van der Waals surface area contributed by atoms with Crippen molar-refractivity contribution in [2.75, 3.05) is 13.2 Å². The molecular weight excluding hydrogens is 452 g/mol. The minimum absolute atomic E-state index is 0.179. The molecule has 2 N–H and O–H groups in total. The Kier molecular flexibility index (Phi) is 7.76. The topological polar surface area (TPSA) is 142 Å². The van der Waals surface area contributed by atoms with Crippen LogP contribution in [0.25, 0.3) is 0 Å². The number of carbonyl (C=O) groups excluding carboxylic acids is 3. The first-order valence-corrected chi connectivity index (χ1v) is 12.3. The van der Waals surface area contributed by atoms with E-state index in [1.165, 1.54) is 0 Å². The van der Waals surface area contributed by atoms with Crippen molar-refractivity contribution in [2.45, 2.75) is 52.0 Å². The Morgan fingerprint density at radius 3 is 2.55 bits per heavy atom. The van der Waals surface area contributed by atoms with Crippen molar-refractivity contribution < 1.29 is 36.0 Å². The molecule has 3 rings (SSSR count). The second-order valence-corrected chi connectivity index (χ2v) is 10.5. The molecular formula is C22H30N2O8S. The molecule has 10 nitrogen and oxygen atoms in total. The smallest absolute Gasteiger partial charge is 0.421 e. The number of carbonyl (C=O) groups is 3. The summed E-state index contributed by atoms with van der Waals surface area (Å²) in [7, 11) is -4.48. The molecule has 3 atom stereocenters. The second kappa shape index (κ2) is 10.2. The highest BCUT2D eigenvalue weighted by atomic mass is 32.3. The fourth-order valence-corrected chi connectivity index (χ4v) is 5.11. The number of nitrogens with zero attached hydrogens (tertiary/aromatic N) is 1. The molecule has 0 spiro atoms. The van der Waals surface area contributed by atoms with Crippen LogP contribution in [0.3, 0.4) is 0 Å². The van der Waals surface area contributed by atoms with Gasteiger partial charge in [0.2, 0.25) is 5.91 Å². The van der Waals surface area contributed by atoms with Gasteiger partial charge in [-0.1, -0.05) is 32.0 Å². The molecule has 1 aliphatic heterocycles. The zero-order chi connectivity index (χ0) is 24.2. The molecule has 0 radical (unpaired) electrons. The lowest BCUT2D eigenvalue weighted by atomic mass is 9.80. The lowest BCUT2D eigenvalue weighted by Gasteiger charge is -2.26. The molecule has 1 heterocycles. The number of hydroxylamine groups is 2. The monoisotopic (exact) mass is 482 g/mol. The van der Waals surface area contributed by atoms with Gasteiger partial charge in [-0.3, -0.25) is 9.59 Å². The number of hydrogen-bond acceptors (Lipinski definition) is 8. The molecule has 2 amide bonds. The van der Waals surface area contributed by atoms with Gasteiger partial charge in [0.05, 0.1) is 30.7 Å². The van der Waals surface area contributed by atoms with Crippen LogP contribution in [0.15, 0.2) is 30.3 Å². The molecule has 182 valence electrons. The maximum absolute atomic E-state index is 12.5. The van der Waals surface area contributed by atoms with Crippen molar-refractivity contribution in [1.82, 2.24) is 5.06 Å². The molecule has 2 fully saturated rings. The Balaban J connectivity index is 1.44. The van der Waals surface area contributed by atoms with Crippen LogP contribution < -0.4 is 5.73 Å². The van der Waals surface area contributed by atoms with Gasteiger partial charge in [0.15, 0.2) is 0 Å². The molecule has 1 aromatic rings. The average Bonchev–Trinajstić information content (AvgIpc) is 3.00. The fraction of sp³-hybridized carbons (Fsp3) is 0.591. The van der Waals surface area contributed by atoms with E-state index in [-0.39, 0.29) is 13.2 Å². The van der Waals surface area contributed by atoms with Gasteiger partial charge in [-0.2, -0.15) is 13.5 Å². The van der Waals surface area contributed by atoms with E-state index in [4.69, 9.17) is 18.9 Å². The first-order chi connectivity index (χ1) is 15.5. The molecule has 0 aromatic heterocycles. The first-order valence-electron chi connectivity index (χ1n) is 10.9. The molecule has 11 heteroatoms. The zero-order valence-electron chi connectivity index (χ0n) is 18.8. The summed E-state index contributed by atoms with van der Waals surface area (Å²) in [5.74, 6) is -2.82. The van der Waals surface area contributed by atoms with Crippen LogP contribution in [0, 0.1) is 17.3 Å². The van der Waals surface area contributed by atoms with Gasteiger partial charge in [0.1, 0.15) is 0 Å². The number of nitrogens with two attached hydrogens (primary N) is 1. The van der Waals surface area contributed by atoms with Crippen LogP contribution in [0.4, 0.5) is 0 Å². The van der Waals surface area contributed by atoms with Crippen molar-refractivity contribution in [1.29, 1.82) is 0 Å². The van der Waals surface area contributed by atoms with Crippen molar-refractivity contribution in [2.24, 2.45) is 23.0 Å². The standard InChI is InChI=1S/C22H30N2O8S/c1-22(2,11-6-12-30-21(27)15-7-4-3-5-8-15)14-31-33(28,29)32-24-16-9-10-17(19(23)25)18(13-16)20(24)26/h3-5,7-8,16-18H,6,9-14H2,1-2H3,(H2,23,25)/t16-,17-,18?/m1/s1. The quantitative estimate of drug-likeness (QED) is 0.372. The molecule has 1 aliphatic carbocycles. The largest absolute Gasteiger partial charge is 0.462 e. The minimum Gasteiger partial charge on any atom is -0.462 e. The van der Waals surface area contributed by atoms with Gasteiger partial charge in [-0.25, -0.2) is 8.98 Å². The Hall–Kier alpha value is -2.50. The summed E-state index contributed by atoms with van der Waals surface area (Å²) in [4.78, 5) is 36.0. The van der Waals surface area contributed by atoms with Crippen LogP contribution in [0.1, 0.15) is 56.3 Å². The highest BCUT2D eigenvalue weighted by Gasteiger charge is 2.51. The molecule has 33 heavy (non-hydrogen) atoms. The number of amides is 2. The van der Waals surface area contributed by atoms with Gasteiger partial charge < -0.3 is 10.5 Å². The zero-order valence-corrected chi connectivity index (χ0v) is 19.6. The summed E-state index contributed by atoms with van der Waals surface area (Å²) < 4.78 is 40.0. The fourth-order valence-electron chi connectivity index (χ4n) is 4.21. The third-order valence-corrected chi connectivity index (χ3v) is 6.81. The van der Waals surface area contributed by atoms with E-state index in [0.717, 1.165) is 5.06 Å². The van der Waals surface area contributed by atoms with Crippen molar-refractivity contribution >= 4 is 28.2 Å². The van der Waals surface area contributed by atoms with E-state index >= 15 is 0 Å². The second-order valence-electron chi connectivity index (χ2n) is 9.26. The van der Waals surface area contributed by atoms with E-state index in [0.29, 0.717) is 37.7 Å². The maximum atomic E-state index is 12.5. The minimum atomic E-state index is -4.48. The highest BCUT2D eigenvalue weighted by molar-refractivity contribution is 7.81. The number of hydrogen-bond donors (Lipinski definition) is 1. The van der Waals surface area contributed by atoms with Crippen LogP contribution in [-0.4, -0.2) is 50.5 Å². The van der Waals surface area contributed by atoms with Crippen molar-refractivity contribution in [3.05, 3.63) is 35.9 Å². The SMILES string of the molecule is CC(C)(CCCOC(=O)c1ccccc1)COS(=O)(=O)ON1C(=O)C2C[C@H]1CC[C@H]2C(N)=O. The van der Waals surface area contributed by atoms with E-state index < -0.39 is 51.5 Å². The number of esters is 1. The van der Waals surface area contributed by atoms with E-state index in [1.807, 2.05) is 13.8 Å². The lowest BCUT2D eigenvalue weighted by molar-refractivity contribution is -0.159. The maximum Gasteiger partial charge on any atom is 0.421 e. The summed E-state index contributed by atoms with van der Waals surface area (Å²) in [6.07, 6.45) is 2.21. The van der Waals surface area contributed by atoms with Crippen LogP contribution >= 0.6 is 0 Å². The number of benzene rings is 1.